The van der Waals surface area contributed by atoms with Gasteiger partial charge in [0.05, 0.1) is 12.7 Å². The molecule has 0 bridgehead atoms. The molecular weight excluding hydrogens is 922 g/mol. The molecule has 0 amide bonds. The lowest BCUT2D eigenvalue weighted by Crippen LogP contribution is -2.64. The van der Waals surface area contributed by atoms with E-state index in [0.29, 0.717) is 19.3 Å². The fourth-order valence-corrected chi connectivity index (χ4v) is 8.36. The van der Waals surface area contributed by atoms with Gasteiger partial charge in [-0.05, 0) is 77.0 Å². The molecule has 0 aromatic heterocycles. The van der Waals surface area contributed by atoms with Crippen LogP contribution in [-0.2, 0) is 41.8 Å². The zero-order valence-electron chi connectivity index (χ0n) is 40.1. The lowest BCUT2D eigenvalue weighted by atomic mass is 9.85. The van der Waals surface area contributed by atoms with E-state index in [9.17, 15) is 58.9 Å². The number of hydrogen-bond acceptors (Lipinski definition) is 14. The van der Waals surface area contributed by atoms with E-state index in [4.69, 9.17) is 18.5 Å². The molecule has 1 rings (SSSR count). The predicted molar refractivity (Wildman–Crippen MR) is 261 cm³/mol. The molecule has 1 aliphatic rings. The van der Waals surface area contributed by atoms with Crippen LogP contribution in [0.3, 0.4) is 0 Å². The van der Waals surface area contributed by atoms with Gasteiger partial charge < -0.3 is 49.7 Å². The summed E-state index contributed by atoms with van der Waals surface area (Å²) in [6.07, 6.45) is 30.0. The minimum Gasteiger partial charge on any atom is -0.462 e. The van der Waals surface area contributed by atoms with Gasteiger partial charge in [-0.2, -0.15) is 0 Å². The quantitative estimate of drug-likeness (QED) is 0.00944. The van der Waals surface area contributed by atoms with Gasteiger partial charge in [-0.3, -0.25) is 23.2 Å². The number of allylic oxidation sites excluding steroid dienone is 12. The number of phosphoric acid groups is 2. The Morgan fingerprint density at radius 2 is 1.03 bits per heavy atom. The highest BCUT2D eigenvalue weighted by atomic mass is 31.2. The highest BCUT2D eigenvalue weighted by Gasteiger charge is 2.54. The number of carbonyl (C=O) groups is 2. The summed E-state index contributed by atoms with van der Waals surface area (Å²) in [5, 5.41) is 51.2. The third-order valence-corrected chi connectivity index (χ3v) is 12.0. The van der Waals surface area contributed by atoms with Gasteiger partial charge in [0.15, 0.2) is 6.10 Å². The first-order chi connectivity index (χ1) is 32.5. The second kappa shape index (κ2) is 38.8. The maximum Gasteiger partial charge on any atom is 0.472 e. The van der Waals surface area contributed by atoms with Gasteiger partial charge >= 0.3 is 27.6 Å². The second-order valence-corrected chi connectivity index (χ2v) is 19.2. The lowest BCUT2D eigenvalue weighted by molar-refractivity contribution is -0.216. The van der Waals surface area contributed by atoms with Crippen molar-refractivity contribution in [2.45, 2.75) is 198 Å². The molecule has 0 saturated heterocycles. The van der Waals surface area contributed by atoms with Crippen LogP contribution in [0.4, 0.5) is 0 Å². The van der Waals surface area contributed by atoms with Crippen LogP contribution in [0, 0.1) is 0 Å². The molecule has 8 N–H and O–H groups in total. The van der Waals surface area contributed by atoms with Crippen LogP contribution in [-0.4, -0.2) is 114 Å². The van der Waals surface area contributed by atoms with Crippen molar-refractivity contribution < 1.29 is 82.0 Å². The minimum atomic E-state index is -5.38. The van der Waals surface area contributed by atoms with Crippen molar-refractivity contribution in [1.82, 2.24) is 0 Å². The monoisotopic (exact) mass is 1000 g/mol. The Hall–Kier alpha value is -2.86. The zero-order chi connectivity index (χ0) is 50.5. The number of ether oxygens (including phenoxy) is 2. The summed E-state index contributed by atoms with van der Waals surface area (Å²) in [6, 6.07) is 0. The number of phosphoric ester groups is 2. The van der Waals surface area contributed by atoms with Gasteiger partial charge in [-0.25, -0.2) is 9.13 Å². The van der Waals surface area contributed by atoms with Gasteiger partial charge in [-0.1, -0.05) is 144 Å². The lowest BCUT2D eigenvalue weighted by Gasteiger charge is -2.43. The second-order valence-electron chi connectivity index (χ2n) is 16.6. The van der Waals surface area contributed by atoms with Crippen molar-refractivity contribution in [2.75, 3.05) is 13.2 Å². The molecule has 0 aromatic carbocycles. The molecule has 19 heteroatoms. The Bertz CT molecular complexity index is 1650. The van der Waals surface area contributed by atoms with Crippen molar-refractivity contribution in [2.24, 2.45) is 0 Å². The summed E-state index contributed by atoms with van der Waals surface area (Å²) in [5.74, 6) is -1.28. The van der Waals surface area contributed by atoms with Gasteiger partial charge in [0.1, 0.15) is 43.2 Å². The number of hydrogen-bond donors (Lipinski definition) is 8. The summed E-state index contributed by atoms with van der Waals surface area (Å²) in [7, 11) is -10.7. The molecule has 0 radical (unpaired) electrons. The molecule has 68 heavy (non-hydrogen) atoms. The van der Waals surface area contributed by atoms with Crippen LogP contribution in [0.25, 0.3) is 0 Å². The molecular formula is C49H82O17P2. The van der Waals surface area contributed by atoms with Gasteiger partial charge in [0.2, 0.25) is 0 Å². The Morgan fingerprint density at radius 1 is 0.544 bits per heavy atom. The SMILES string of the molecule is CC/C=C\C/C=C\C/C=C\C/C=C\CCCCCCCCC(=O)O[C@H](COC(=O)CCCCCCC/C=C/C=C/C(O)C/C=C/CC)COP(=O)(O)O[C@H]1C(O)C(O)C(O)[C@@H](OP(=O)(O)O)C1O. The maximum absolute atomic E-state index is 13.0. The van der Waals surface area contributed by atoms with Crippen molar-refractivity contribution in [3.05, 3.63) is 85.1 Å². The molecule has 1 saturated carbocycles. The van der Waals surface area contributed by atoms with Crippen LogP contribution in [0.1, 0.15) is 149 Å². The first-order valence-corrected chi connectivity index (χ1v) is 27.3. The Labute approximate surface area is 404 Å². The molecule has 0 heterocycles. The van der Waals surface area contributed by atoms with Crippen LogP contribution < -0.4 is 0 Å². The van der Waals surface area contributed by atoms with Crippen LogP contribution in [0.2, 0.25) is 0 Å². The maximum atomic E-state index is 13.0. The van der Waals surface area contributed by atoms with Gasteiger partial charge in [0.25, 0.3) is 0 Å². The topological polar surface area (TPSA) is 276 Å². The molecule has 17 nitrogen and oxygen atoms in total. The molecule has 0 aliphatic heterocycles. The molecule has 0 aromatic rings. The normalized spacial score (nSPS) is 22.4. The smallest absolute Gasteiger partial charge is 0.462 e. The van der Waals surface area contributed by atoms with E-state index in [-0.39, 0.29) is 12.8 Å². The zero-order valence-corrected chi connectivity index (χ0v) is 41.9. The number of aliphatic hydroxyl groups excluding tert-OH is 5. The average molecular weight is 1010 g/mol. The van der Waals surface area contributed by atoms with E-state index in [1.54, 1.807) is 6.08 Å². The predicted octanol–water partition coefficient (Wildman–Crippen LogP) is 8.36. The number of unbranched alkanes of at least 4 members (excludes halogenated alkanes) is 11. The largest absolute Gasteiger partial charge is 0.472 e. The van der Waals surface area contributed by atoms with Crippen LogP contribution >= 0.6 is 15.6 Å². The molecule has 9 atom stereocenters. The Kier molecular flexibility index (Phi) is 36.1. The minimum absolute atomic E-state index is 0.00781. The highest BCUT2D eigenvalue weighted by molar-refractivity contribution is 7.47. The molecule has 1 fully saturated rings. The van der Waals surface area contributed by atoms with E-state index >= 15 is 0 Å². The first kappa shape index (κ1) is 63.2. The van der Waals surface area contributed by atoms with E-state index in [1.165, 1.54) is 0 Å². The van der Waals surface area contributed by atoms with Gasteiger partial charge in [-0.15, -0.1) is 0 Å². The molecule has 390 valence electrons. The average Bonchev–Trinajstić information content (AvgIpc) is 3.29. The summed E-state index contributed by atoms with van der Waals surface area (Å²) in [4.78, 5) is 54.3. The first-order valence-electron chi connectivity index (χ1n) is 24.2. The van der Waals surface area contributed by atoms with Crippen molar-refractivity contribution >= 4 is 27.6 Å². The third-order valence-electron chi connectivity index (χ3n) is 10.5. The van der Waals surface area contributed by atoms with Crippen molar-refractivity contribution in [3.8, 4) is 0 Å². The number of carbonyl (C=O) groups excluding carboxylic acids is 2. The molecule has 1 aliphatic carbocycles. The van der Waals surface area contributed by atoms with Gasteiger partial charge in [0, 0.05) is 12.8 Å². The fourth-order valence-electron chi connectivity index (χ4n) is 6.82. The van der Waals surface area contributed by atoms with E-state index in [1.807, 2.05) is 37.3 Å². The van der Waals surface area contributed by atoms with Crippen molar-refractivity contribution in [1.29, 1.82) is 0 Å². The van der Waals surface area contributed by atoms with Crippen LogP contribution in [0.15, 0.2) is 85.1 Å². The Balaban J connectivity index is 2.61. The van der Waals surface area contributed by atoms with Crippen molar-refractivity contribution in [3.63, 3.8) is 0 Å². The van der Waals surface area contributed by atoms with E-state index in [2.05, 4.69) is 60.1 Å². The molecule has 6 unspecified atom stereocenters. The summed E-state index contributed by atoms with van der Waals surface area (Å²) in [5.41, 5.74) is 0. The summed E-state index contributed by atoms with van der Waals surface area (Å²) < 4.78 is 49.4. The Morgan fingerprint density at radius 3 is 1.60 bits per heavy atom. The molecule has 0 spiro atoms. The number of aliphatic hydroxyl groups is 5. The van der Waals surface area contributed by atoms with Crippen LogP contribution in [0.5, 0.6) is 0 Å². The fraction of sp³-hybridized carbons (Fsp3) is 0.673. The van der Waals surface area contributed by atoms with E-state index in [0.717, 1.165) is 103 Å². The summed E-state index contributed by atoms with van der Waals surface area (Å²) >= 11 is 0. The number of rotatable bonds is 39. The van der Waals surface area contributed by atoms with E-state index < -0.39 is 89.6 Å². The highest BCUT2D eigenvalue weighted by Crippen LogP contribution is 2.49. The summed E-state index contributed by atoms with van der Waals surface area (Å²) in [6.45, 7) is 2.75. The third kappa shape index (κ3) is 32.9. The standard InChI is InChI=1S/C49H82O17P2/c1-3-5-7-8-9-10-11-12-13-14-15-16-17-18-19-22-26-29-33-37-43(52)64-41(38-62-42(51)36-32-28-25-23-20-21-24-27-31-35-40(50)34-30-6-4-2)39-63-68(60,61)66-49-46(55)44(53)45(54)48(47(49)56)65-67(57,58)59/h5-7,9-10,12-13,15-16,24,27,30-31,35,40-41,44-50,53-56H,3-4,8,11,14,17-23,25-26,28-29,32-34,36-39H2,1-2H3,(H,60,61)(H2,57,58,59)/b7-5-,10-9-,13-12-,16-15-,27-24+,30-6+,35-31+/t40?,41-,44?,45?,46?,47?,48-,49+/m1/s1. The number of esters is 2.